The van der Waals surface area contributed by atoms with E-state index in [1.165, 1.54) is 44.9 Å². The average molecular weight is 351 g/mol. The smallest absolute Gasteiger partial charge is 0.191 e. The average Bonchev–Trinajstić information content (AvgIpc) is 2.54. The van der Waals surface area contributed by atoms with Crippen LogP contribution < -0.4 is 10.6 Å². The summed E-state index contributed by atoms with van der Waals surface area (Å²) in [6, 6.07) is 0. The van der Waals surface area contributed by atoms with Crippen LogP contribution in [0.4, 0.5) is 0 Å². The lowest BCUT2D eigenvalue weighted by Crippen LogP contribution is -2.44. The molecular weight excluding hydrogens is 325 g/mol. The number of aliphatic imine (C=N–C) groups is 1. The van der Waals surface area contributed by atoms with E-state index in [-0.39, 0.29) is 24.0 Å². The van der Waals surface area contributed by atoms with Gasteiger partial charge in [0.25, 0.3) is 0 Å². The Morgan fingerprint density at radius 1 is 1.18 bits per heavy atom. The monoisotopic (exact) mass is 351 g/mol. The van der Waals surface area contributed by atoms with Crippen molar-refractivity contribution in [1.82, 2.24) is 10.6 Å². The van der Waals surface area contributed by atoms with Gasteiger partial charge in [-0.15, -0.1) is 24.0 Å². The van der Waals surface area contributed by atoms with Gasteiger partial charge in [0.2, 0.25) is 0 Å². The molecule has 0 aromatic carbocycles. The van der Waals surface area contributed by atoms with Crippen molar-refractivity contribution in [2.75, 3.05) is 19.6 Å². The zero-order valence-electron chi connectivity index (χ0n) is 10.9. The maximum Gasteiger partial charge on any atom is 0.191 e. The molecule has 17 heavy (non-hydrogen) atoms. The van der Waals surface area contributed by atoms with Crippen LogP contribution in [0.3, 0.4) is 0 Å². The molecule has 100 valence electrons. The molecule has 0 radical (unpaired) electrons. The Hall–Kier alpha value is 0. The molecule has 2 rings (SSSR count). The molecule has 2 aliphatic rings. The highest BCUT2D eigenvalue weighted by Crippen LogP contribution is 2.33. The summed E-state index contributed by atoms with van der Waals surface area (Å²) in [5.41, 5.74) is 0.484. The van der Waals surface area contributed by atoms with Gasteiger partial charge in [0, 0.05) is 19.6 Å². The number of halogens is 1. The maximum atomic E-state index is 4.46. The Morgan fingerprint density at radius 2 is 1.88 bits per heavy atom. The van der Waals surface area contributed by atoms with Crippen molar-refractivity contribution in [3.63, 3.8) is 0 Å². The number of hydrogen-bond acceptors (Lipinski definition) is 3. The first-order valence-corrected chi connectivity index (χ1v) is 6.81. The lowest BCUT2D eigenvalue weighted by molar-refractivity contribution is 0.276. The van der Waals surface area contributed by atoms with E-state index in [1.807, 2.05) is 0 Å². The van der Waals surface area contributed by atoms with Crippen LogP contribution in [0.5, 0.6) is 0 Å². The lowest BCUT2D eigenvalue weighted by atomic mass is 9.82. The Balaban J connectivity index is 0.00000144. The largest absolute Gasteiger partial charge is 0.356 e. The molecule has 3 nitrogen and oxygen atoms in total. The molecule has 0 unspecified atom stereocenters. The van der Waals surface area contributed by atoms with E-state index in [1.54, 1.807) is 0 Å². The minimum atomic E-state index is 0. The van der Waals surface area contributed by atoms with E-state index in [4.69, 9.17) is 0 Å². The number of nitrogens with zero attached hydrogens (tertiary/aromatic N) is 1. The first-order chi connectivity index (χ1) is 7.79. The highest BCUT2D eigenvalue weighted by atomic mass is 127. The Morgan fingerprint density at radius 3 is 2.47 bits per heavy atom. The normalized spacial score (nSPS) is 23.7. The highest BCUT2D eigenvalue weighted by Gasteiger charge is 2.25. The number of nitrogens with one attached hydrogen (secondary N) is 2. The van der Waals surface area contributed by atoms with Crippen LogP contribution in [-0.2, 0) is 0 Å². The standard InChI is InChI=1S/C13H25N3.HI/c1-13(7-4-2-3-5-8-13)11-16-12-14-9-6-10-15-12;/h2-11H2,1H3,(H2,14,15,16);1H. The van der Waals surface area contributed by atoms with Crippen molar-refractivity contribution >= 4 is 29.9 Å². The number of rotatable bonds is 2. The van der Waals surface area contributed by atoms with E-state index < -0.39 is 0 Å². The van der Waals surface area contributed by atoms with Crippen LogP contribution in [-0.4, -0.2) is 25.6 Å². The molecule has 0 amide bonds. The van der Waals surface area contributed by atoms with Crippen LogP contribution >= 0.6 is 24.0 Å². The molecule has 1 aliphatic heterocycles. The maximum absolute atomic E-state index is 4.46. The Bertz CT molecular complexity index is 245. The molecule has 0 bridgehead atoms. The highest BCUT2D eigenvalue weighted by molar-refractivity contribution is 14.0. The molecule has 1 heterocycles. The predicted octanol–water partition coefficient (Wildman–Crippen LogP) is 2.90. The fourth-order valence-electron chi connectivity index (χ4n) is 2.71. The second-order valence-electron chi connectivity index (χ2n) is 5.59. The van der Waals surface area contributed by atoms with Gasteiger partial charge in [-0.1, -0.05) is 32.6 Å². The molecule has 2 N–H and O–H groups in total. The fourth-order valence-corrected chi connectivity index (χ4v) is 2.71. The van der Waals surface area contributed by atoms with Crippen LogP contribution in [0.2, 0.25) is 0 Å². The minimum absolute atomic E-state index is 0. The molecule has 1 aliphatic carbocycles. The molecule has 0 aromatic rings. The van der Waals surface area contributed by atoms with Gasteiger partial charge < -0.3 is 10.6 Å². The number of guanidine groups is 1. The summed E-state index contributed by atoms with van der Waals surface area (Å²) in [6.07, 6.45) is 9.56. The number of hydrogen-bond donors (Lipinski definition) is 2. The van der Waals surface area contributed by atoms with Crippen molar-refractivity contribution in [2.24, 2.45) is 10.4 Å². The Kier molecular flexibility index (Phi) is 6.59. The van der Waals surface area contributed by atoms with E-state index in [0.717, 1.165) is 25.6 Å². The first kappa shape index (κ1) is 15.1. The zero-order valence-corrected chi connectivity index (χ0v) is 13.3. The second-order valence-corrected chi connectivity index (χ2v) is 5.59. The fraction of sp³-hybridized carbons (Fsp3) is 0.923. The molecule has 0 aromatic heterocycles. The van der Waals surface area contributed by atoms with E-state index in [2.05, 4.69) is 22.5 Å². The third kappa shape index (κ3) is 5.02. The summed E-state index contributed by atoms with van der Waals surface area (Å²) in [5.74, 6) is 1.02. The molecular formula is C13H26IN3. The lowest BCUT2D eigenvalue weighted by Gasteiger charge is -2.29. The van der Waals surface area contributed by atoms with Crippen molar-refractivity contribution in [1.29, 1.82) is 0 Å². The molecule has 4 heteroatoms. The third-order valence-corrected chi connectivity index (χ3v) is 3.89. The van der Waals surface area contributed by atoms with Crippen molar-refractivity contribution < 1.29 is 0 Å². The van der Waals surface area contributed by atoms with Gasteiger partial charge in [-0.05, 0) is 24.7 Å². The topological polar surface area (TPSA) is 36.4 Å². The van der Waals surface area contributed by atoms with E-state index >= 15 is 0 Å². The van der Waals surface area contributed by atoms with Gasteiger partial charge in [0.05, 0.1) is 0 Å². The Labute approximate surface area is 122 Å². The SMILES string of the molecule is CC1(CNC2=NCCCN2)CCCCCC1.I. The van der Waals surface area contributed by atoms with E-state index in [0.29, 0.717) is 5.41 Å². The quantitative estimate of drug-likeness (QED) is 0.593. The third-order valence-electron chi connectivity index (χ3n) is 3.89. The van der Waals surface area contributed by atoms with Crippen molar-refractivity contribution in [3.8, 4) is 0 Å². The summed E-state index contributed by atoms with van der Waals surface area (Å²) in [6.45, 7) is 5.56. The zero-order chi connectivity index (χ0) is 11.3. The summed E-state index contributed by atoms with van der Waals surface area (Å²) >= 11 is 0. The first-order valence-electron chi connectivity index (χ1n) is 6.81. The molecule has 0 saturated heterocycles. The van der Waals surface area contributed by atoms with Crippen LogP contribution in [0, 0.1) is 5.41 Å². The van der Waals surface area contributed by atoms with Gasteiger partial charge in [0.15, 0.2) is 5.96 Å². The second kappa shape index (κ2) is 7.44. The van der Waals surface area contributed by atoms with Gasteiger partial charge >= 0.3 is 0 Å². The molecule has 0 atom stereocenters. The van der Waals surface area contributed by atoms with Crippen LogP contribution in [0.25, 0.3) is 0 Å². The van der Waals surface area contributed by atoms with Gasteiger partial charge in [-0.25, -0.2) is 0 Å². The van der Waals surface area contributed by atoms with Gasteiger partial charge in [-0.3, -0.25) is 4.99 Å². The molecule has 0 spiro atoms. The van der Waals surface area contributed by atoms with Crippen molar-refractivity contribution in [2.45, 2.75) is 51.9 Å². The minimum Gasteiger partial charge on any atom is -0.356 e. The van der Waals surface area contributed by atoms with Gasteiger partial charge in [-0.2, -0.15) is 0 Å². The summed E-state index contributed by atoms with van der Waals surface area (Å²) in [5, 5.41) is 6.83. The van der Waals surface area contributed by atoms with Gasteiger partial charge in [0.1, 0.15) is 0 Å². The van der Waals surface area contributed by atoms with Crippen LogP contribution in [0.15, 0.2) is 4.99 Å². The van der Waals surface area contributed by atoms with E-state index in [9.17, 15) is 0 Å². The summed E-state index contributed by atoms with van der Waals surface area (Å²) in [4.78, 5) is 4.46. The predicted molar refractivity (Wildman–Crippen MR) is 84.1 cm³/mol. The molecule has 1 fully saturated rings. The molecule has 1 saturated carbocycles. The summed E-state index contributed by atoms with van der Waals surface area (Å²) < 4.78 is 0. The summed E-state index contributed by atoms with van der Waals surface area (Å²) in [7, 11) is 0. The van der Waals surface area contributed by atoms with Crippen molar-refractivity contribution in [3.05, 3.63) is 0 Å². The van der Waals surface area contributed by atoms with Crippen LogP contribution in [0.1, 0.15) is 51.9 Å².